The van der Waals surface area contributed by atoms with Gasteiger partial charge in [0.25, 0.3) is 0 Å². The maximum Gasteiger partial charge on any atom is 0.486 e. The van der Waals surface area contributed by atoms with Gasteiger partial charge in [0.05, 0.1) is 0 Å². The molecule has 0 aromatic carbocycles. The molecule has 86 valence electrons. The quantitative estimate of drug-likeness (QED) is 0.240. The minimum Gasteiger partial charge on any atom is -0.352 e. The van der Waals surface area contributed by atoms with E-state index in [1.807, 2.05) is 0 Å². The second kappa shape index (κ2) is 5.18. The first-order chi connectivity index (χ1) is 6.23. The van der Waals surface area contributed by atoms with Crippen molar-refractivity contribution in [1.29, 1.82) is 0 Å². The van der Waals surface area contributed by atoms with Crippen LogP contribution in [0.3, 0.4) is 0 Å². The van der Waals surface area contributed by atoms with Crippen LogP contribution < -0.4 is 5.48 Å². The van der Waals surface area contributed by atoms with Crippen LogP contribution in [0.5, 0.6) is 0 Å². The van der Waals surface area contributed by atoms with E-state index >= 15 is 0 Å². The number of aliphatic hydroxyl groups is 2. The van der Waals surface area contributed by atoms with E-state index < -0.39 is 19.7 Å². The number of phosphoric acid groups is 1. The molecule has 0 bridgehead atoms. The standard InChI is InChI=1S/C6H16NO6P/c1-3-5(4-2)6(8,9)7-13-14(10,11)12/h5,7-9H,3-4H2,1-2H3,(H2,10,11,12). The van der Waals surface area contributed by atoms with E-state index in [0.29, 0.717) is 12.8 Å². The molecular formula is C6H16NO6P. The average molecular weight is 229 g/mol. The van der Waals surface area contributed by atoms with Crippen molar-refractivity contribution in [3.63, 3.8) is 0 Å². The molecule has 5 N–H and O–H groups in total. The molecule has 0 atom stereocenters. The maximum absolute atomic E-state index is 10.3. The Kier molecular flexibility index (Phi) is 5.17. The van der Waals surface area contributed by atoms with Crippen molar-refractivity contribution < 1.29 is 29.2 Å². The minimum atomic E-state index is -4.75. The molecule has 0 saturated carbocycles. The Morgan fingerprint density at radius 3 is 2.07 bits per heavy atom. The van der Waals surface area contributed by atoms with Crippen molar-refractivity contribution in [3.8, 4) is 0 Å². The summed E-state index contributed by atoms with van der Waals surface area (Å²) in [4.78, 5) is 16.6. The first kappa shape index (κ1) is 14.0. The van der Waals surface area contributed by atoms with E-state index in [2.05, 4.69) is 4.62 Å². The van der Waals surface area contributed by atoms with Gasteiger partial charge in [-0.05, 0) is 12.8 Å². The lowest BCUT2D eigenvalue weighted by Gasteiger charge is -2.29. The highest BCUT2D eigenvalue weighted by molar-refractivity contribution is 7.46. The van der Waals surface area contributed by atoms with Crippen molar-refractivity contribution in [3.05, 3.63) is 0 Å². The summed E-state index contributed by atoms with van der Waals surface area (Å²) in [5, 5.41) is 18.6. The Morgan fingerprint density at radius 1 is 1.36 bits per heavy atom. The molecule has 0 unspecified atom stereocenters. The Labute approximate surface area is 81.9 Å². The van der Waals surface area contributed by atoms with Crippen LogP contribution in [0.15, 0.2) is 0 Å². The summed E-state index contributed by atoms with van der Waals surface area (Å²) in [7, 11) is -4.75. The van der Waals surface area contributed by atoms with Crippen LogP contribution in [0.25, 0.3) is 0 Å². The minimum absolute atomic E-state index is 0.432. The Morgan fingerprint density at radius 2 is 1.79 bits per heavy atom. The van der Waals surface area contributed by atoms with E-state index in [4.69, 9.17) is 9.79 Å². The zero-order valence-corrected chi connectivity index (χ0v) is 8.94. The molecule has 7 nitrogen and oxygen atoms in total. The van der Waals surface area contributed by atoms with E-state index in [9.17, 15) is 14.8 Å². The summed E-state index contributed by atoms with van der Waals surface area (Å²) in [6.07, 6.45) is 0.863. The van der Waals surface area contributed by atoms with Crippen molar-refractivity contribution in [2.45, 2.75) is 32.6 Å². The second-order valence-electron chi connectivity index (χ2n) is 2.92. The zero-order valence-electron chi connectivity index (χ0n) is 8.04. The lowest BCUT2D eigenvalue weighted by molar-refractivity contribution is -0.268. The van der Waals surface area contributed by atoms with Gasteiger partial charge in [-0.25, -0.2) is 4.57 Å². The Bertz CT molecular complexity index is 210. The van der Waals surface area contributed by atoms with Crippen LogP contribution in [-0.2, 0) is 9.19 Å². The molecule has 0 amide bonds. The second-order valence-corrected chi connectivity index (χ2v) is 4.09. The molecule has 0 rings (SSSR count). The van der Waals surface area contributed by atoms with Crippen LogP contribution in [-0.4, -0.2) is 25.9 Å². The molecule has 14 heavy (non-hydrogen) atoms. The van der Waals surface area contributed by atoms with Crippen molar-refractivity contribution >= 4 is 7.82 Å². The van der Waals surface area contributed by atoms with Gasteiger partial charge in [0.1, 0.15) is 0 Å². The van der Waals surface area contributed by atoms with Gasteiger partial charge in [0.2, 0.25) is 5.91 Å². The van der Waals surface area contributed by atoms with Crippen molar-refractivity contribution in [2.75, 3.05) is 0 Å². The molecular weight excluding hydrogens is 213 g/mol. The number of hydroxylamine groups is 1. The average Bonchev–Trinajstić information content (AvgIpc) is 2.02. The van der Waals surface area contributed by atoms with Crippen LogP contribution in [0.2, 0.25) is 0 Å². The highest BCUT2D eigenvalue weighted by Gasteiger charge is 2.34. The maximum atomic E-state index is 10.3. The first-order valence-corrected chi connectivity index (χ1v) is 5.72. The third-order valence-corrected chi connectivity index (χ3v) is 2.20. The highest BCUT2D eigenvalue weighted by Crippen LogP contribution is 2.35. The number of rotatable bonds is 6. The summed E-state index contributed by atoms with van der Waals surface area (Å²) < 4.78 is 14.1. The molecule has 0 spiro atoms. The van der Waals surface area contributed by atoms with Crippen LogP contribution in [0, 0.1) is 5.92 Å². The first-order valence-electron chi connectivity index (χ1n) is 4.19. The van der Waals surface area contributed by atoms with Crippen LogP contribution in [0.4, 0.5) is 0 Å². The number of hydrogen-bond acceptors (Lipinski definition) is 5. The van der Waals surface area contributed by atoms with Gasteiger partial charge in [0.15, 0.2) is 0 Å². The van der Waals surface area contributed by atoms with Crippen LogP contribution in [0.1, 0.15) is 26.7 Å². The fourth-order valence-electron chi connectivity index (χ4n) is 1.07. The molecule has 8 heteroatoms. The molecule has 0 fully saturated rings. The lowest BCUT2D eigenvalue weighted by Crippen LogP contribution is -2.50. The van der Waals surface area contributed by atoms with E-state index in [1.54, 1.807) is 19.3 Å². The molecule has 0 aromatic heterocycles. The van der Waals surface area contributed by atoms with Gasteiger partial charge in [0, 0.05) is 5.92 Å². The number of hydrogen-bond donors (Lipinski definition) is 5. The largest absolute Gasteiger partial charge is 0.486 e. The fourth-order valence-corrected chi connectivity index (χ4v) is 1.32. The summed E-state index contributed by atoms with van der Waals surface area (Å²) in [5.41, 5.74) is 1.55. The molecule has 0 radical (unpaired) electrons. The molecule has 0 saturated heterocycles. The van der Waals surface area contributed by atoms with Gasteiger partial charge >= 0.3 is 7.82 Å². The Balaban J connectivity index is 4.25. The summed E-state index contributed by atoms with van der Waals surface area (Å²) in [6, 6.07) is 0. The van der Waals surface area contributed by atoms with Gasteiger partial charge in [-0.15, -0.1) is 5.48 Å². The molecule has 0 aliphatic carbocycles. The molecule has 0 heterocycles. The van der Waals surface area contributed by atoms with E-state index in [1.165, 1.54) is 0 Å². The zero-order chi connectivity index (χ0) is 11.4. The molecule has 0 aliphatic heterocycles. The van der Waals surface area contributed by atoms with Crippen molar-refractivity contribution in [2.24, 2.45) is 5.92 Å². The van der Waals surface area contributed by atoms with Crippen LogP contribution >= 0.6 is 7.82 Å². The molecule has 0 aromatic rings. The van der Waals surface area contributed by atoms with Gasteiger partial charge in [-0.1, -0.05) is 13.8 Å². The van der Waals surface area contributed by atoms with Gasteiger partial charge < -0.3 is 20.0 Å². The topological polar surface area (TPSA) is 119 Å². The normalized spacial score (nSPS) is 13.6. The lowest BCUT2D eigenvalue weighted by atomic mass is 10.00. The van der Waals surface area contributed by atoms with Gasteiger partial charge in [-0.3, -0.25) is 0 Å². The smallest absolute Gasteiger partial charge is 0.352 e. The third kappa shape index (κ3) is 5.02. The van der Waals surface area contributed by atoms with Gasteiger partial charge in [-0.2, -0.15) is 4.62 Å². The summed E-state index contributed by atoms with van der Waals surface area (Å²) in [6.45, 7) is 3.43. The monoisotopic (exact) mass is 229 g/mol. The highest BCUT2D eigenvalue weighted by atomic mass is 31.2. The predicted molar refractivity (Wildman–Crippen MR) is 47.5 cm³/mol. The third-order valence-electron chi connectivity index (χ3n) is 1.87. The SMILES string of the molecule is CCC(CC)C(O)(O)NOP(=O)(O)O. The predicted octanol–water partition coefficient (Wildman–Crippen LogP) is -0.325. The van der Waals surface area contributed by atoms with E-state index in [-0.39, 0.29) is 0 Å². The van der Waals surface area contributed by atoms with E-state index in [0.717, 1.165) is 0 Å². The number of nitrogens with one attached hydrogen (secondary N) is 1. The Hall–Kier alpha value is -0.0100. The molecule has 0 aliphatic rings. The summed E-state index contributed by atoms with van der Waals surface area (Å²) >= 11 is 0. The summed E-state index contributed by atoms with van der Waals surface area (Å²) in [5.74, 6) is -3.01. The fraction of sp³-hybridized carbons (Fsp3) is 1.00. The van der Waals surface area contributed by atoms with Crippen molar-refractivity contribution in [1.82, 2.24) is 5.48 Å².